The summed E-state index contributed by atoms with van der Waals surface area (Å²) in [5.41, 5.74) is 1.30. The Bertz CT molecular complexity index is 675. The summed E-state index contributed by atoms with van der Waals surface area (Å²) in [7, 11) is 3.97. The molecular weight excluding hydrogens is 467 g/mol. The van der Waals surface area contributed by atoms with Gasteiger partial charge in [-0.15, -0.1) is 35.3 Å². The van der Waals surface area contributed by atoms with Crippen molar-refractivity contribution in [3.8, 4) is 0 Å². The first-order valence-electron chi connectivity index (χ1n) is 9.45. The van der Waals surface area contributed by atoms with E-state index in [2.05, 4.69) is 75.0 Å². The predicted molar refractivity (Wildman–Crippen MR) is 127 cm³/mol. The quantitative estimate of drug-likeness (QED) is 0.367. The Morgan fingerprint density at radius 1 is 1.26 bits per heavy atom. The van der Waals surface area contributed by atoms with Crippen molar-refractivity contribution in [2.75, 3.05) is 33.7 Å². The number of piperidine rings is 1. The molecule has 1 fully saturated rings. The first-order valence-corrected chi connectivity index (χ1v) is 10.3. The van der Waals surface area contributed by atoms with E-state index in [9.17, 15) is 0 Å². The maximum Gasteiger partial charge on any atom is 0.193 e. The summed E-state index contributed by atoms with van der Waals surface area (Å²) in [4.78, 5) is 10.7. The summed E-state index contributed by atoms with van der Waals surface area (Å²) < 4.78 is 0. The molecule has 1 unspecified atom stereocenters. The molecule has 1 aromatic carbocycles. The monoisotopic (exact) mass is 498 g/mol. The Morgan fingerprint density at radius 2 is 2.07 bits per heavy atom. The van der Waals surface area contributed by atoms with Crippen LogP contribution in [0.1, 0.15) is 23.3 Å². The van der Waals surface area contributed by atoms with E-state index in [0.717, 1.165) is 25.6 Å². The molecule has 1 saturated heterocycles. The fourth-order valence-corrected chi connectivity index (χ4v) is 4.38. The highest BCUT2D eigenvalue weighted by Crippen LogP contribution is 2.20. The highest BCUT2D eigenvalue weighted by atomic mass is 127. The lowest BCUT2D eigenvalue weighted by molar-refractivity contribution is 0.169. The van der Waals surface area contributed by atoms with Gasteiger partial charge in [0.15, 0.2) is 5.96 Å². The maximum absolute atomic E-state index is 4.47. The molecule has 1 atom stereocenters. The third-order valence-electron chi connectivity index (χ3n) is 4.95. The molecule has 0 aliphatic carbocycles. The Labute approximate surface area is 184 Å². The van der Waals surface area contributed by atoms with Gasteiger partial charge in [0.2, 0.25) is 0 Å². The number of halogens is 1. The van der Waals surface area contributed by atoms with Gasteiger partial charge in [-0.25, -0.2) is 0 Å². The number of benzene rings is 1. The van der Waals surface area contributed by atoms with Crippen LogP contribution in [0, 0.1) is 5.92 Å². The summed E-state index contributed by atoms with van der Waals surface area (Å²) in [6.45, 7) is 5.35. The molecule has 6 heteroatoms. The molecule has 0 radical (unpaired) electrons. The van der Waals surface area contributed by atoms with E-state index < -0.39 is 0 Å². The van der Waals surface area contributed by atoms with Gasteiger partial charge in [-0.1, -0.05) is 36.4 Å². The van der Waals surface area contributed by atoms with Gasteiger partial charge in [0.1, 0.15) is 0 Å². The summed E-state index contributed by atoms with van der Waals surface area (Å²) in [6.07, 6.45) is 2.59. The van der Waals surface area contributed by atoms with Crippen LogP contribution in [0.15, 0.2) is 52.8 Å². The topological polar surface area (TPSA) is 30.9 Å². The number of hydrogen-bond donors (Lipinski definition) is 1. The van der Waals surface area contributed by atoms with E-state index in [1.165, 1.54) is 36.4 Å². The molecule has 27 heavy (non-hydrogen) atoms. The Hall–Kier alpha value is -1.12. The van der Waals surface area contributed by atoms with E-state index >= 15 is 0 Å². The number of guanidine groups is 1. The van der Waals surface area contributed by atoms with Crippen molar-refractivity contribution in [1.82, 2.24) is 15.1 Å². The van der Waals surface area contributed by atoms with E-state index in [1.54, 1.807) is 0 Å². The van der Waals surface area contributed by atoms with E-state index in [-0.39, 0.29) is 24.0 Å². The van der Waals surface area contributed by atoms with Gasteiger partial charge in [-0.2, -0.15) is 0 Å². The van der Waals surface area contributed by atoms with Crippen LogP contribution < -0.4 is 5.32 Å². The standard InChI is InChI=1S/C21H30N4S.HI/c1-22-21(24(2)15-18-8-4-3-5-9-18)23-14-19-10-6-12-25(16-19)17-20-11-7-13-26-20;/h3-5,7-9,11,13,19H,6,10,12,14-17H2,1-2H3,(H,22,23);1H. The van der Waals surface area contributed by atoms with Crippen molar-refractivity contribution in [1.29, 1.82) is 0 Å². The molecule has 0 amide bonds. The van der Waals surface area contributed by atoms with Gasteiger partial charge in [0, 0.05) is 45.2 Å². The third kappa shape index (κ3) is 7.08. The van der Waals surface area contributed by atoms with E-state index in [0.29, 0.717) is 5.92 Å². The number of aliphatic imine (C=N–C) groups is 1. The van der Waals surface area contributed by atoms with Gasteiger partial charge in [-0.3, -0.25) is 9.89 Å². The Balaban J connectivity index is 0.00000261. The van der Waals surface area contributed by atoms with Crippen LogP contribution in [0.2, 0.25) is 0 Å². The second-order valence-electron chi connectivity index (χ2n) is 7.09. The molecule has 148 valence electrons. The molecule has 0 saturated carbocycles. The van der Waals surface area contributed by atoms with Crippen LogP contribution in [0.3, 0.4) is 0 Å². The average Bonchev–Trinajstić information content (AvgIpc) is 3.16. The predicted octanol–water partition coefficient (Wildman–Crippen LogP) is 4.29. The van der Waals surface area contributed by atoms with Crippen LogP contribution in [0.25, 0.3) is 0 Å². The normalized spacial score (nSPS) is 18.0. The third-order valence-corrected chi connectivity index (χ3v) is 5.81. The fraction of sp³-hybridized carbons (Fsp3) is 0.476. The molecule has 2 aromatic rings. The number of rotatable bonds is 6. The molecular formula is C21H31IN4S. The van der Waals surface area contributed by atoms with Crippen LogP contribution in [0.5, 0.6) is 0 Å². The maximum atomic E-state index is 4.47. The van der Waals surface area contributed by atoms with Crippen LogP contribution in [-0.2, 0) is 13.1 Å². The largest absolute Gasteiger partial charge is 0.356 e. The lowest BCUT2D eigenvalue weighted by atomic mass is 9.98. The number of thiophene rings is 1. The van der Waals surface area contributed by atoms with Crippen molar-refractivity contribution in [2.24, 2.45) is 10.9 Å². The van der Waals surface area contributed by atoms with Crippen molar-refractivity contribution in [3.63, 3.8) is 0 Å². The second kappa shape index (κ2) is 11.7. The van der Waals surface area contributed by atoms with Crippen molar-refractivity contribution in [3.05, 3.63) is 58.3 Å². The average molecular weight is 498 g/mol. The smallest absolute Gasteiger partial charge is 0.193 e. The van der Waals surface area contributed by atoms with Gasteiger partial charge in [0.25, 0.3) is 0 Å². The lowest BCUT2D eigenvalue weighted by Gasteiger charge is -2.33. The number of hydrogen-bond acceptors (Lipinski definition) is 3. The van der Waals surface area contributed by atoms with Gasteiger partial charge in [0.05, 0.1) is 0 Å². The van der Waals surface area contributed by atoms with Gasteiger partial charge >= 0.3 is 0 Å². The fourth-order valence-electron chi connectivity index (χ4n) is 3.64. The van der Waals surface area contributed by atoms with Crippen molar-refractivity contribution in [2.45, 2.75) is 25.9 Å². The Morgan fingerprint density at radius 3 is 2.78 bits per heavy atom. The van der Waals surface area contributed by atoms with Gasteiger partial charge in [-0.05, 0) is 42.3 Å². The minimum absolute atomic E-state index is 0. The molecule has 1 aliphatic heterocycles. The SMILES string of the molecule is CN=C(NCC1CCCN(Cc2cccs2)C1)N(C)Cc1ccccc1.I. The minimum atomic E-state index is 0. The molecule has 1 aliphatic rings. The highest BCUT2D eigenvalue weighted by molar-refractivity contribution is 14.0. The summed E-state index contributed by atoms with van der Waals surface area (Å²) in [5, 5.41) is 5.76. The number of likely N-dealkylation sites (tertiary alicyclic amines) is 1. The first kappa shape index (κ1) is 22.2. The van der Waals surface area contributed by atoms with E-state index in [4.69, 9.17) is 0 Å². The molecule has 1 N–H and O–H groups in total. The number of nitrogens with one attached hydrogen (secondary N) is 1. The summed E-state index contributed by atoms with van der Waals surface area (Å²) >= 11 is 1.86. The number of nitrogens with zero attached hydrogens (tertiary/aromatic N) is 3. The first-order chi connectivity index (χ1) is 12.7. The molecule has 2 heterocycles. The van der Waals surface area contributed by atoms with Crippen LogP contribution >= 0.6 is 35.3 Å². The molecule has 3 rings (SSSR count). The van der Waals surface area contributed by atoms with Crippen molar-refractivity contribution >= 4 is 41.3 Å². The van der Waals surface area contributed by atoms with Crippen molar-refractivity contribution < 1.29 is 0 Å². The van der Waals surface area contributed by atoms with E-state index in [1.807, 2.05) is 18.4 Å². The minimum Gasteiger partial charge on any atom is -0.356 e. The molecule has 1 aromatic heterocycles. The Kier molecular flexibility index (Phi) is 9.58. The molecule has 4 nitrogen and oxygen atoms in total. The zero-order valence-electron chi connectivity index (χ0n) is 16.3. The summed E-state index contributed by atoms with van der Waals surface area (Å²) in [6, 6.07) is 14.9. The highest BCUT2D eigenvalue weighted by Gasteiger charge is 2.21. The molecule has 0 spiro atoms. The lowest BCUT2D eigenvalue weighted by Crippen LogP contribution is -2.44. The van der Waals surface area contributed by atoms with Gasteiger partial charge < -0.3 is 10.2 Å². The molecule has 0 bridgehead atoms. The zero-order chi connectivity index (χ0) is 18.2. The zero-order valence-corrected chi connectivity index (χ0v) is 19.5. The van der Waals surface area contributed by atoms with Crippen LogP contribution in [-0.4, -0.2) is 49.5 Å². The second-order valence-corrected chi connectivity index (χ2v) is 8.12. The van der Waals surface area contributed by atoms with Crippen LogP contribution in [0.4, 0.5) is 0 Å². The summed E-state index contributed by atoms with van der Waals surface area (Å²) in [5.74, 6) is 1.66.